The fraction of sp³-hybridized carbons (Fsp3) is 0.270. The Morgan fingerprint density at radius 1 is 0.197 bits per heavy atom. The molecular formula is C111H126N6. The van der Waals surface area contributed by atoms with Crippen LogP contribution in [0.2, 0.25) is 0 Å². The fourth-order valence-corrected chi connectivity index (χ4v) is 18.1. The zero-order valence-corrected chi connectivity index (χ0v) is 74.7. The molecule has 6 aliphatic carbocycles. The molecule has 0 saturated heterocycles. The molecular weight excluding hydrogens is 1420 g/mol. The van der Waals surface area contributed by atoms with Crippen LogP contribution < -0.4 is 0 Å². The third-order valence-electron chi connectivity index (χ3n) is 22.0. The molecule has 0 atom stereocenters. The summed E-state index contributed by atoms with van der Waals surface area (Å²) in [7, 11) is 0. The summed E-state index contributed by atoms with van der Waals surface area (Å²) in [6.07, 6.45) is 18.1. The van der Waals surface area contributed by atoms with E-state index in [-0.39, 0.29) is 0 Å². The van der Waals surface area contributed by atoms with E-state index >= 15 is 0 Å². The maximum Gasteiger partial charge on any atom is 0.145 e. The van der Waals surface area contributed by atoms with Crippen molar-refractivity contribution >= 4 is 82.0 Å². The highest BCUT2D eigenvalue weighted by atomic mass is 15.0. The van der Waals surface area contributed by atoms with Crippen LogP contribution in [-0.4, -0.2) is 28.2 Å². The third-order valence-corrected chi connectivity index (χ3v) is 22.0. The first-order valence-corrected chi connectivity index (χ1v) is 44.7. The Kier molecular flexibility index (Phi) is 30.5. The van der Waals surface area contributed by atoms with Crippen molar-refractivity contribution < 1.29 is 0 Å². The summed E-state index contributed by atoms with van der Waals surface area (Å²) in [5.74, 6) is 0. The number of aromatic nitrogens is 6. The van der Waals surface area contributed by atoms with E-state index in [4.69, 9.17) is 15.0 Å². The van der Waals surface area contributed by atoms with E-state index in [1.165, 1.54) is 199 Å². The highest BCUT2D eigenvalue weighted by Gasteiger charge is 2.33. The Morgan fingerprint density at radius 3 is 0.915 bits per heavy atom. The Morgan fingerprint density at radius 2 is 0.470 bits per heavy atom. The molecule has 12 aromatic carbocycles. The van der Waals surface area contributed by atoms with E-state index in [1.54, 1.807) is 0 Å². The van der Waals surface area contributed by atoms with Gasteiger partial charge in [-0.1, -0.05) is 354 Å². The van der Waals surface area contributed by atoms with Crippen molar-refractivity contribution in [2.24, 2.45) is 0 Å². The van der Waals surface area contributed by atoms with E-state index in [0.29, 0.717) is 0 Å². The Bertz CT molecular complexity index is 6430. The molecule has 6 aliphatic rings. The molecule has 0 unspecified atom stereocenters. The SMILES string of the molecule is CC.CC.CC.CC.CC.CC.CC.CC.CC.CC.CC.CC.c1ccc2c(c1)Cc1c-2ccc2c1-c1ccc3c4ccccc4n4ccnc4c3c1C2.c1ccc2c(c1)Cc1c-2ccc2c1Cc1c-2ccc2c3ccccc3n3ccnc3c12.c1ccc2c(c1)Cc1cc3c(cc1-2)Cc1c-3ccc2c3ccccc3n3ccnc3c12. The molecule has 0 amide bonds. The predicted molar refractivity (Wildman–Crippen MR) is 516 cm³/mol. The van der Waals surface area contributed by atoms with Crippen LogP contribution in [0.15, 0.2) is 256 Å². The number of rotatable bonds is 0. The number of nitrogens with zero attached hydrogens (tertiary/aromatic N) is 6. The van der Waals surface area contributed by atoms with Gasteiger partial charge in [-0.25, -0.2) is 15.0 Å². The van der Waals surface area contributed by atoms with Crippen molar-refractivity contribution in [3.05, 3.63) is 322 Å². The van der Waals surface area contributed by atoms with E-state index in [1.807, 2.05) is 185 Å². The van der Waals surface area contributed by atoms with E-state index < -0.39 is 0 Å². The van der Waals surface area contributed by atoms with Crippen molar-refractivity contribution in [1.82, 2.24) is 28.2 Å². The third kappa shape index (κ3) is 15.0. The summed E-state index contributed by atoms with van der Waals surface area (Å²) in [4.78, 5) is 14.4. The lowest BCUT2D eigenvalue weighted by Gasteiger charge is -2.13. The highest BCUT2D eigenvalue weighted by Crippen LogP contribution is 2.53. The number of fused-ring (bicyclic) bond motifs is 41. The van der Waals surface area contributed by atoms with Gasteiger partial charge in [0.1, 0.15) is 16.9 Å². The van der Waals surface area contributed by atoms with Gasteiger partial charge in [-0.2, -0.15) is 0 Å². The Balaban J connectivity index is 0.000000164. The van der Waals surface area contributed by atoms with Crippen LogP contribution in [0.1, 0.15) is 233 Å². The number of para-hydroxylation sites is 3. The summed E-state index contributed by atoms with van der Waals surface area (Å²) in [5.41, 5.74) is 41.2. The van der Waals surface area contributed by atoms with Gasteiger partial charge in [-0.3, -0.25) is 13.2 Å². The topological polar surface area (TPSA) is 51.9 Å². The van der Waals surface area contributed by atoms with Gasteiger partial charge in [0.05, 0.1) is 16.6 Å². The van der Waals surface area contributed by atoms with Gasteiger partial charge < -0.3 is 0 Å². The molecule has 0 radical (unpaired) electrons. The van der Waals surface area contributed by atoms with Crippen LogP contribution in [0.25, 0.3) is 149 Å². The summed E-state index contributed by atoms with van der Waals surface area (Å²) < 4.78 is 6.75. The van der Waals surface area contributed by atoms with Crippen LogP contribution in [0, 0.1) is 0 Å². The molecule has 0 aliphatic heterocycles. The second-order valence-electron chi connectivity index (χ2n) is 26.4. The van der Waals surface area contributed by atoms with Crippen molar-refractivity contribution in [1.29, 1.82) is 0 Å². The summed E-state index contributed by atoms with van der Waals surface area (Å²) in [6, 6.07) is 80.8. The molecule has 24 rings (SSSR count). The van der Waals surface area contributed by atoms with Gasteiger partial charge >= 0.3 is 0 Å². The molecule has 0 saturated carbocycles. The second-order valence-corrected chi connectivity index (χ2v) is 26.4. The molecule has 18 aromatic rings. The highest BCUT2D eigenvalue weighted by molar-refractivity contribution is 6.18. The molecule has 0 bridgehead atoms. The maximum atomic E-state index is 4.81. The normalized spacial score (nSPS) is 11.4. The van der Waals surface area contributed by atoms with Gasteiger partial charge in [0, 0.05) is 69.5 Å². The van der Waals surface area contributed by atoms with Gasteiger partial charge in [-0.15, -0.1) is 0 Å². The second kappa shape index (κ2) is 40.7. The summed E-state index contributed by atoms with van der Waals surface area (Å²) in [6.45, 7) is 48.0. The average molecular weight is 1540 g/mol. The van der Waals surface area contributed by atoms with Gasteiger partial charge in [-0.05, 0) is 219 Å². The number of hydrogen-bond donors (Lipinski definition) is 0. The quantitative estimate of drug-likeness (QED) is 0.142. The number of benzene rings is 12. The molecule has 600 valence electrons. The zero-order valence-electron chi connectivity index (χ0n) is 74.7. The van der Waals surface area contributed by atoms with Crippen LogP contribution in [0.5, 0.6) is 0 Å². The first kappa shape index (κ1) is 87.7. The first-order chi connectivity index (χ1) is 58.1. The molecule has 0 fully saturated rings. The van der Waals surface area contributed by atoms with Crippen LogP contribution in [-0.2, 0) is 38.5 Å². The lowest BCUT2D eigenvalue weighted by Crippen LogP contribution is -1.94. The molecule has 6 nitrogen and oxygen atoms in total. The lowest BCUT2D eigenvalue weighted by molar-refractivity contribution is 1.17. The van der Waals surface area contributed by atoms with E-state index in [0.717, 1.165) is 55.5 Å². The van der Waals surface area contributed by atoms with Crippen LogP contribution in [0.4, 0.5) is 0 Å². The lowest BCUT2D eigenvalue weighted by atomic mass is 9.93. The van der Waals surface area contributed by atoms with Gasteiger partial charge in [0.25, 0.3) is 0 Å². The van der Waals surface area contributed by atoms with E-state index in [9.17, 15) is 0 Å². The predicted octanol–water partition coefficient (Wildman–Crippen LogP) is 32.7. The minimum absolute atomic E-state index is 0.971. The van der Waals surface area contributed by atoms with E-state index in [2.05, 4.69) is 250 Å². The molecule has 0 spiro atoms. The minimum atomic E-state index is 0.971. The largest absolute Gasteiger partial charge is 0.299 e. The van der Waals surface area contributed by atoms with Crippen molar-refractivity contribution in [2.45, 2.75) is 205 Å². The number of imidazole rings is 3. The molecule has 117 heavy (non-hydrogen) atoms. The van der Waals surface area contributed by atoms with Gasteiger partial charge in [0.15, 0.2) is 0 Å². The molecule has 6 heteroatoms. The summed E-state index contributed by atoms with van der Waals surface area (Å²) >= 11 is 0. The first-order valence-electron chi connectivity index (χ1n) is 44.7. The summed E-state index contributed by atoms with van der Waals surface area (Å²) in [5, 5.41) is 11.7. The average Bonchev–Trinajstić information content (AvgIpc) is 1.58. The number of pyridine rings is 3. The van der Waals surface area contributed by atoms with Crippen LogP contribution in [0.3, 0.4) is 0 Å². The smallest absolute Gasteiger partial charge is 0.145 e. The maximum absolute atomic E-state index is 4.81. The molecule has 0 N–H and O–H groups in total. The molecule has 6 aromatic heterocycles. The number of hydrogen-bond acceptors (Lipinski definition) is 3. The minimum Gasteiger partial charge on any atom is -0.299 e. The van der Waals surface area contributed by atoms with Crippen molar-refractivity contribution in [3.8, 4) is 66.8 Å². The monoisotopic (exact) mass is 1540 g/mol. The molecule has 6 heterocycles. The van der Waals surface area contributed by atoms with Crippen LogP contribution >= 0.6 is 0 Å². The zero-order chi connectivity index (χ0) is 84.3. The van der Waals surface area contributed by atoms with Crippen molar-refractivity contribution in [2.75, 3.05) is 0 Å². The standard InChI is InChI=1S/3C29H18N2.12C2H6/c1-2-6-20-17(5-1)13-18-14-25-19(15-24(18)20)16-26-21(25)9-10-23-22-7-3-4-8-27(22)31-12-11-30-29(31)28(23)26;1-2-6-19-17(5-1)15-24-20(19)10-9-18-16-25-23(27(18)24)12-11-22-21-7-3-4-8-26(21)31-14-13-30-29(31)28(22)25;1-2-6-18-17(5-1)15-24-19(18)9-10-20-21-11-12-23-22-7-3-4-8-27(22)31-14-13-30-29(31)28(23)26(21)16-25(20)24;12*1-2/h1-12,14-15H,13,16H2;2*1-14H,15-16H2;12*1-2H3. The Labute approximate surface area is 699 Å². The Hall–Kier alpha value is -11.7. The van der Waals surface area contributed by atoms with Gasteiger partial charge in [0.2, 0.25) is 0 Å². The van der Waals surface area contributed by atoms with Crippen molar-refractivity contribution in [3.63, 3.8) is 0 Å². The fourth-order valence-electron chi connectivity index (χ4n) is 18.1.